The zero-order valence-electron chi connectivity index (χ0n) is 17.2. The molecular formula is C22H33N3O2S. The van der Waals surface area contributed by atoms with Crippen LogP contribution in [0.3, 0.4) is 0 Å². The van der Waals surface area contributed by atoms with Gasteiger partial charge in [-0.05, 0) is 91.1 Å². The molecule has 0 bridgehead atoms. The zero-order chi connectivity index (χ0) is 19.9. The van der Waals surface area contributed by atoms with Crippen LogP contribution < -0.4 is 10.5 Å². The topological polar surface area (TPSA) is 84.6 Å². The molecule has 1 aliphatic heterocycles. The molecule has 4 rings (SSSR count). The fourth-order valence-electron chi connectivity index (χ4n) is 5.52. The fourth-order valence-corrected chi connectivity index (χ4v) is 7.26. The van der Waals surface area contributed by atoms with Gasteiger partial charge >= 0.3 is 0 Å². The summed E-state index contributed by atoms with van der Waals surface area (Å²) in [7, 11) is -3.04. The second-order valence-electron chi connectivity index (χ2n) is 9.47. The highest BCUT2D eigenvalue weighted by molar-refractivity contribution is 7.91. The number of aryl methyl sites for hydroxylation is 2. The van der Waals surface area contributed by atoms with Crippen molar-refractivity contribution in [3.63, 3.8) is 0 Å². The first-order valence-electron chi connectivity index (χ1n) is 10.7. The van der Waals surface area contributed by atoms with Gasteiger partial charge in [-0.3, -0.25) is 4.79 Å². The van der Waals surface area contributed by atoms with Crippen molar-refractivity contribution in [3.8, 4) is 0 Å². The minimum absolute atomic E-state index is 0.244. The number of carbonyl (C=O) groups excluding carboxylic acids is 1. The molecule has 0 spiro atoms. The van der Waals surface area contributed by atoms with Crippen LogP contribution in [0.1, 0.15) is 67.3 Å². The Morgan fingerprint density at radius 1 is 1.18 bits per heavy atom. The van der Waals surface area contributed by atoms with Gasteiger partial charge in [0.1, 0.15) is 9.92 Å². The van der Waals surface area contributed by atoms with Gasteiger partial charge < -0.3 is 5.32 Å². The summed E-state index contributed by atoms with van der Waals surface area (Å²) in [6.45, 7) is 5.12. The average molecular weight is 404 g/mol. The molecular weight excluding hydrogens is 370 g/mol. The highest BCUT2D eigenvalue weighted by Gasteiger charge is 2.34. The molecule has 154 valence electrons. The highest BCUT2D eigenvalue weighted by atomic mass is 32.2. The number of nitrogens with one attached hydrogen (secondary N) is 1. The number of hydrogen-bond acceptors (Lipinski definition) is 3. The van der Waals surface area contributed by atoms with E-state index in [4.69, 9.17) is 5.14 Å². The van der Waals surface area contributed by atoms with Crippen LogP contribution in [-0.4, -0.2) is 28.5 Å². The van der Waals surface area contributed by atoms with Crippen LogP contribution in [0, 0.1) is 5.41 Å². The summed E-state index contributed by atoms with van der Waals surface area (Å²) in [4.78, 5) is 12.8. The molecule has 0 aromatic heterocycles. The van der Waals surface area contributed by atoms with Crippen LogP contribution in [0.15, 0.2) is 10.4 Å². The summed E-state index contributed by atoms with van der Waals surface area (Å²) < 4.78 is 17.0. The van der Waals surface area contributed by atoms with Crippen molar-refractivity contribution in [2.24, 2.45) is 14.9 Å². The molecule has 2 atom stereocenters. The molecule has 0 saturated carbocycles. The Bertz CT molecular complexity index is 875. The summed E-state index contributed by atoms with van der Waals surface area (Å²) >= 11 is 0. The van der Waals surface area contributed by atoms with E-state index < -0.39 is 9.92 Å². The zero-order valence-corrected chi connectivity index (χ0v) is 18.0. The maximum absolute atomic E-state index is 13.0. The van der Waals surface area contributed by atoms with E-state index in [1.807, 2.05) is 0 Å². The van der Waals surface area contributed by atoms with E-state index in [9.17, 15) is 9.00 Å². The number of amides is 1. The molecule has 1 aromatic rings. The minimum Gasteiger partial charge on any atom is -0.313 e. The number of hydrogen-bond donors (Lipinski definition) is 2. The normalized spacial score (nSPS) is 23.3. The summed E-state index contributed by atoms with van der Waals surface area (Å²) in [5.41, 5.74) is 6.44. The number of carbonyl (C=O) groups is 1. The van der Waals surface area contributed by atoms with Crippen molar-refractivity contribution >= 4 is 15.8 Å². The molecule has 3 aliphatic rings. The summed E-state index contributed by atoms with van der Waals surface area (Å²) in [5.74, 6) is -0.0777. The monoisotopic (exact) mass is 403 g/mol. The van der Waals surface area contributed by atoms with Crippen molar-refractivity contribution in [1.82, 2.24) is 5.32 Å². The Morgan fingerprint density at radius 3 is 2.39 bits per heavy atom. The lowest BCUT2D eigenvalue weighted by Gasteiger charge is -2.31. The van der Waals surface area contributed by atoms with Gasteiger partial charge in [-0.15, -0.1) is 4.36 Å². The molecule has 1 aromatic carbocycles. The van der Waals surface area contributed by atoms with E-state index >= 15 is 0 Å². The van der Waals surface area contributed by atoms with Gasteiger partial charge in [0, 0.05) is 6.04 Å². The molecule has 5 nitrogen and oxygen atoms in total. The molecule has 6 heteroatoms. The van der Waals surface area contributed by atoms with E-state index in [0.29, 0.717) is 0 Å². The van der Waals surface area contributed by atoms with Gasteiger partial charge in [0.05, 0.1) is 12.2 Å². The first kappa shape index (κ1) is 20.0. The smallest absolute Gasteiger partial charge is 0.259 e. The lowest BCUT2D eigenvalue weighted by Crippen LogP contribution is -2.43. The summed E-state index contributed by atoms with van der Waals surface area (Å²) in [6.07, 6.45) is 9.06. The predicted octanol–water partition coefficient (Wildman–Crippen LogP) is 2.85. The third-order valence-corrected chi connectivity index (χ3v) is 8.44. The van der Waals surface area contributed by atoms with Crippen LogP contribution in [-0.2, 0) is 46.8 Å². The quantitative estimate of drug-likeness (QED) is 0.793. The van der Waals surface area contributed by atoms with E-state index in [0.717, 1.165) is 57.9 Å². The first-order valence-corrected chi connectivity index (χ1v) is 12.4. The van der Waals surface area contributed by atoms with Crippen LogP contribution in [0.5, 0.6) is 0 Å². The lowest BCUT2D eigenvalue weighted by atomic mass is 9.86. The average Bonchev–Trinajstić information content (AvgIpc) is 3.34. The minimum atomic E-state index is -3.04. The lowest BCUT2D eigenvalue weighted by molar-refractivity contribution is -0.117. The number of benzene rings is 1. The van der Waals surface area contributed by atoms with Gasteiger partial charge in [0.2, 0.25) is 0 Å². The van der Waals surface area contributed by atoms with Crippen LogP contribution in [0.25, 0.3) is 0 Å². The largest absolute Gasteiger partial charge is 0.313 e. The van der Waals surface area contributed by atoms with Crippen molar-refractivity contribution < 1.29 is 9.00 Å². The number of rotatable bonds is 5. The maximum Gasteiger partial charge on any atom is 0.259 e. The van der Waals surface area contributed by atoms with Crippen LogP contribution >= 0.6 is 0 Å². The molecule has 1 heterocycles. The Morgan fingerprint density at radius 2 is 1.82 bits per heavy atom. The summed E-state index contributed by atoms with van der Waals surface area (Å²) in [6, 6.07) is 2.64. The van der Waals surface area contributed by atoms with Crippen molar-refractivity contribution in [3.05, 3.63) is 33.9 Å². The maximum atomic E-state index is 13.0. The van der Waals surface area contributed by atoms with Crippen molar-refractivity contribution in [2.45, 2.75) is 77.7 Å². The van der Waals surface area contributed by atoms with Crippen LogP contribution in [0.2, 0.25) is 0 Å². The second kappa shape index (κ2) is 7.54. The number of nitrogens with zero attached hydrogens (tertiary/aromatic N) is 1. The number of fused-ring (bicyclic) bond motifs is 2. The molecule has 2 aliphatic carbocycles. The Balaban J connectivity index is 1.55. The molecule has 2 unspecified atom stereocenters. The van der Waals surface area contributed by atoms with E-state index in [1.54, 1.807) is 0 Å². The molecule has 0 radical (unpaired) electrons. The third-order valence-electron chi connectivity index (χ3n) is 6.76. The second-order valence-corrected chi connectivity index (χ2v) is 11.3. The first-order chi connectivity index (χ1) is 13.3. The van der Waals surface area contributed by atoms with Gasteiger partial charge in [-0.1, -0.05) is 19.9 Å². The standard InChI is InChI=1S/C22H33N3O2S/c1-22(2,20-10-5-11-24-20)14-28(23,27)25-21(26)13-19-17-8-3-6-15(17)12-16-7-4-9-18(16)19/h12,20,24H,3-11,13-14H2,1-2H3,(H2,23,25,26,27). The summed E-state index contributed by atoms with van der Waals surface area (Å²) in [5, 5.41) is 9.52. The molecule has 1 saturated heterocycles. The molecule has 3 N–H and O–H groups in total. The van der Waals surface area contributed by atoms with Gasteiger partial charge in [0.15, 0.2) is 0 Å². The molecule has 1 amide bonds. The fraction of sp³-hybridized carbons (Fsp3) is 0.682. The Hall–Kier alpha value is -1.24. The molecule has 1 fully saturated rings. The van der Waals surface area contributed by atoms with Gasteiger partial charge in [0.25, 0.3) is 5.91 Å². The Kier molecular flexibility index (Phi) is 5.40. The molecule has 28 heavy (non-hydrogen) atoms. The predicted molar refractivity (Wildman–Crippen MR) is 114 cm³/mol. The number of nitrogens with two attached hydrogens (primary N) is 1. The van der Waals surface area contributed by atoms with Crippen molar-refractivity contribution in [2.75, 3.05) is 12.3 Å². The van der Waals surface area contributed by atoms with Crippen molar-refractivity contribution in [1.29, 1.82) is 0 Å². The SMILES string of the molecule is CC(C)(CS(N)(=O)=NC(=O)Cc1c2c(cc3c1CCC3)CCC2)C1CCCN1. The van der Waals surface area contributed by atoms with Crippen LogP contribution in [0.4, 0.5) is 0 Å². The van der Waals surface area contributed by atoms with E-state index in [-0.39, 0.29) is 29.5 Å². The van der Waals surface area contributed by atoms with E-state index in [2.05, 4.69) is 29.6 Å². The highest BCUT2D eigenvalue weighted by Crippen LogP contribution is 2.35. The Labute approximate surface area is 169 Å². The third kappa shape index (κ3) is 4.05. The van der Waals surface area contributed by atoms with Gasteiger partial charge in [-0.25, -0.2) is 9.35 Å². The van der Waals surface area contributed by atoms with Gasteiger partial charge in [-0.2, -0.15) is 0 Å². The van der Waals surface area contributed by atoms with E-state index in [1.165, 1.54) is 27.8 Å².